The average Bonchev–Trinajstić information content (AvgIpc) is 2.82. The highest BCUT2D eigenvalue weighted by Crippen LogP contribution is 2.20. The van der Waals surface area contributed by atoms with E-state index < -0.39 is 0 Å². The summed E-state index contributed by atoms with van der Waals surface area (Å²) in [7, 11) is 0. The van der Waals surface area contributed by atoms with Crippen molar-refractivity contribution in [2.75, 3.05) is 6.61 Å². The van der Waals surface area contributed by atoms with E-state index in [1.54, 1.807) is 6.21 Å². The number of nitrogens with zero attached hydrogens (tertiary/aromatic N) is 1. The number of hydrogen-bond donors (Lipinski definition) is 1. The smallest absolute Gasteiger partial charge is 0.277 e. The number of rotatable bonds is 5. The zero-order chi connectivity index (χ0) is 14.4. The van der Waals surface area contributed by atoms with Crippen LogP contribution in [0.3, 0.4) is 0 Å². The molecule has 0 radical (unpaired) electrons. The van der Waals surface area contributed by atoms with E-state index in [2.05, 4.69) is 26.5 Å². The van der Waals surface area contributed by atoms with Gasteiger partial charge < -0.3 is 4.74 Å². The molecule has 0 unspecified atom stereocenters. The molecular weight excluding hydrogens is 340 g/mol. The van der Waals surface area contributed by atoms with Crippen LogP contribution in [0.25, 0.3) is 0 Å². The van der Waals surface area contributed by atoms with Gasteiger partial charge in [0.05, 0.1) is 10.0 Å². The number of hydrogen-bond acceptors (Lipinski definition) is 4. The normalized spacial score (nSPS) is 10.7. The summed E-state index contributed by atoms with van der Waals surface area (Å²) in [5.74, 6) is 0.379. The van der Waals surface area contributed by atoms with Gasteiger partial charge in [0.15, 0.2) is 6.61 Å². The minimum atomic E-state index is -0.293. The molecule has 2 aromatic rings. The van der Waals surface area contributed by atoms with Gasteiger partial charge in [-0.05, 0) is 52.7 Å². The highest BCUT2D eigenvalue weighted by molar-refractivity contribution is 9.11. The summed E-state index contributed by atoms with van der Waals surface area (Å²) in [4.78, 5) is 12.5. The molecule has 20 heavy (non-hydrogen) atoms. The van der Waals surface area contributed by atoms with Crippen LogP contribution in [0, 0.1) is 6.92 Å². The van der Waals surface area contributed by atoms with Gasteiger partial charge in [-0.3, -0.25) is 4.79 Å². The average molecular weight is 353 g/mol. The van der Waals surface area contributed by atoms with Crippen molar-refractivity contribution in [1.82, 2.24) is 5.43 Å². The van der Waals surface area contributed by atoms with E-state index in [0.29, 0.717) is 5.75 Å². The van der Waals surface area contributed by atoms with E-state index in [4.69, 9.17) is 4.74 Å². The van der Waals surface area contributed by atoms with Crippen LogP contribution in [0.2, 0.25) is 0 Å². The molecule has 0 spiro atoms. The third-order valence-corrected chi connectivity index (χ3v) is 3.89. The summed E-state index contributed by atoms with van der Waals surface area (Å²) in [6.07, 6.45) is 1.60. The predicted octanol–water partition coefficient (Wildman–Crippen LogP) is 3.35. The summed E-state index contributed by atoms with van der Waals surface area (Å²) in [5.41, 5.74) is 3.51. The lowest BCUT2D eigenvalue weighted by atomic mass is 10.2. The second kappa shape index (κ2) is 7.21. The third-order valence-electron chi connectivity index (χ3n) is 2.33. The van der Waals surface area contributed by atoms with Crippen molar-refractivity contribution in [2.24, 2.45) is 5.10 Å². The van der Waals surface area contributed by atoms with E-state index in [0.717, 1.165) is 14.2 Å². The first-order chi connectivity index (χ1) is 9.63. The van der Waals surface area contributed by atoms with Crippen LogP contribution in [0.4, 0.5) is 0 Å². The molecule has 0 bridgehead atoms. The highest BCUT2D eigenvalue weighted by atomic mass is 79.9. The fourth-order valence-electron chi connectivity index (χ4n) is 1.45. The Kier molecular flexibility index (Phi) is 5.31. The summed E-state index contributed by atoms with van der Waals surface area (Å²) < 4.78 is 6.39. The minimum Gasteiger partial charge on any atom is -0.484 e. The van der Waals surface area contributed by atoms with E-state index in [1.807, 2.05) is 43.3 Å². The SMILES string of the molecule is Cc1cccc(OCC(=O)N/N=C\c2ccc(Br)s2)c1. The second-order valence-corrected chi connectivity index (χ2v) is 6.53. The lowest BCUT2D eigenvalue weighted by Crippen LogP contribution is -2.24. The number of hydrazone groups is 1. The molecule has 0 saturated carbocycles. The second-order valence-electron chi connectivity index (χ2n) is 4.04. The van der Waals surface area contributed by atoms with Crippen LogP contribution in [0.1, 0.15) is 10.4 Å². The first-order valence-electron chi connectivity index (χ1n) is 5.90. The molecule has 0 aliphatic carbocycles. The lowest BCUT2D eigenvalue weighted by molar-refractivity contribution is -0.123. The van der Waals surface area contributed by atoms with Gasteiger partial charge in [-0.15, -0.1) is 11.3 Å². The van der Waals surface area contributed by atoms with Crippen LogP contribution >= 0.6 is 27.3 Å². The molecule has 1 amide bonds. The van der Waals surface area contributed by atoms with Crippen molar-refractivity contribution in [3.8, 4) is 5.75 Å². The van der Waals surface area contributed by atoms with Gasteiger partial charge in [0.25, 0.3) is 5.91 Å². The zero-order valence-corrected chi connectivity index (χ0v) is 13.2. The lowest BCUT2D eigenvalue weighted by Gasteiger charge is -2.05. The number of carbonyl (C=O) groups excluding carboxylic acids is 1. The summed E-state index contributed by atoms with van der Waals surface area (Å²) >= 11 is 4.90. The molecule has 0 atom stereocenters. The zero-order valence-electron chi connectivity index (χ0n) is 10.8. The Morgan fingerprint density at radius 3 is 3.00 bits per heavy atom. The summed E-state index contributed by atoms with van der Waals surface area (Å²) in [6.45, 7) is 1.91. The molecule has 1 aromatic carbocycles. The van der Waals surface area contributed by atoms with Crippen LogP contribution in [-0.4, -0.2) is 18.7 Å². The van der Waals surface area contributed by atoms with E-state index in [1.165, 1.54) is 11.3 Å². The topological polar surface area (TPSA) is 50.7 Å². The Bertz CT molecular complexity index is 625. The van der Waals surface area contributed by atoms with Crippen molar-refractivity contribution in [3.05, 3.63) is 50.6 Å². The molecular formula is C14H13BrN2O2S. The molecule has 0 fully saturated rings. The standard InChI is InChI=1S/C14H13BrN2O2S/c1-10-3-2-4-11(7-10)19-9-14(18)17-16-8-12-5-6-13(15)20-12/h2-8H,9H2,1H3,(H,17,18)/b16-8-. The maximum absolute atomic E-state index is 11.5. The first-order valence-corrected chi connectivity index (χ1v) is 7.51. The van der Waals surface area contributed by atoms with Gasteiger partial charge in [-0.25, -0.2) is 5.43 Å². The Balaban J connectivity index is 1.77. The van der Waals surface area contributed by atoms with Crippen LogP contribution in [0.15, 0.2) is 45.3 Å². The number of ether oxygens (including phenoxy) is 1. The van der Waals surface area contributed by atoms with Crippen molar-refractivity contribution in [1.29, 1.82) is 0 Å². The number of thiophene rings is 1. The predicted molar refractivity (Wildman–Crippen MR) is 84.4 cm³/mol. The third kappa shape index (κ3) is 4.79. The largest absolute Gasteiger partial charge is 0.484 e. The molecule has 1 N–H and O–H groups in total. The fourth-order valence-corrected chi connectivity index (χ4v) is 2.75. The monoisotopic (exact) mass is 352 g/mol. The number of nitrogens with one attached hydrogen (secondary N) is 1. The Morgan fingerprint density at radius 2 is 2.30 bits per heavy atom. The first kappa shape index (κ1) is 14.7. The van der Waals surface area contributed by atoms with Crippen LogP contribution in [-0.2, 0) is 4.79 Å². The molecule has 0 aliphatic heterocycles. The van der Waals surface area contributed by atoms with Gasteiger partial charge >= 0.3 is 0 Å². The number of aryl methyl sites for hydroxylation is 1. The fraction of sp³-hybridized carbons (Fsp3) is 0.143. The van der Waals surface area contributed by atoms with E-state index in [9.17, 15) is 4.79 Å². The van der Waals surface area contributed by atoms with E-state index >= 15 is 0 Å². The Labute approximate surface area is 129 Å². The van der Waals surface area contributed by atoms with Gasteiger partial charge in [0, 0.05) is 4.88 Å². The van der Waals surface area contributed by atoms with Crippen molar-refractivity contribution < 1.29 is 9.53 Å². The van der Waals surface area contributed by atoms with E-state index in [-0.39, 0.29) is 12.5 Å². The summed E-state index contributed by atoms with van der Waals surface area (Å²) in [6, 6.07) is 11.4. The maximum atomic E-state index is 11.5. The van der Waals surface area contributed by atoms with Gasteiger partial charge in [-0.1, -0.05) is 12.1 Å². The van der Waals surface area contributed by atoms with Gasteiger partial charge in [0.2, 0.25) is 0 Å². The minimum absolute atomic E-state index is 0.0606. The van der Waals surface area contributed by atoms with Crippen molar-refractivity contribution in [3.63, 3.8) is 0 Å². The van der Waals surface area contributed by atoms with Gasteiger partial charge in [-0.2, -0.15) is 5.10 Å². The molecule has 1 aromatic heterocycles. The molecule has 2 rings (SSSR count). The number of benzene rings is 1. The quantitative estimate of drug-likeness (QED) is 0.662. The van der Waals surface area contributed by atoms with Crippen molar-refractivity contribution in [2.45, 2.75) is 6.92 Å². The molecule has 1 heterocycles. The number of carbonyl (C=O) groups is 1. The van der Waals surface area contributed by atoms with Gasteiger partial charge in [0.1, 0.15) is 5.75 Å². The number of amides is 1. The van der Waals surface area contributed by atoms with Crippen LogP contribution in [0.5, 0.6) is 5.75 Å². The van der Waals surface area contributed by atoms with Crippen LogP contribution < -0.4 is 10.2 Å². The molecule has 6 heteroatoms. The maximum Gasteiger partial charge on any atom is 0.277 e. The molecule has 4 nitrogen and oxygen atoms in total. The highest BCUT2D eigenvalue weighted by Gasteiger charge is 2.01. The Morgan fingerprint density at radius 1 is 1.45 bits per heavy atom. The summed E-state index contributed by atoms with van der Waals surface area (Å²) in [5, 5.41) is 3.87. The Hall–Kier alpha value is -1.66. The van der Waals surface area contributed by atoms with Crippen molar-refractivity contribution >= 4 is 39.4 Å². The number of halogens is 1. The molecule has 104 valence electrons. The molecule has 0 saturated heterocycles. The molecule has 0 aliphatic rings.